The van der Waals surface area contributed by atoms with E-state index in [0.717, 1.165) is 13.1 Å². The summed E-state index contributed by atoms with van der Waals surface area (Å²) in [6.07, 6.45) is -3.54. The van der Waals surface area contributed by atoms with E-state index in [1.165, 1.54) is 4.90 Å². The van der Waals surface area contributed by atoms with Crippen molar-refractivity contribution in [2.24, 2.45) is 5.92 Å². The number of halogens is 3. The summed E-state index contributed by atoms with van der Waals surface area (Å²) in [6, 6.07) is 0. The monoisotopic (exact) mass is 308 g/mol. The minimum absolute atomic E-state index is 0.278. The number of nitrogens with zero attached hydrogens (tertiary/aromatic N) is 3. The number of carbonyl (C=O) groups is 1. The van der Waals surface area contributed by atoms with Crippen LogP contribution < -0.4 is 5.32 Å². The maximum atomic E-state index is 13.5. The Bertz CT molecular complexity index is 371. The van der Waals surface area contributed by atoms with Crippen molar-refractivity contribution >= 4 is 6.41 Å². The lowest BCUT2D eigenvalue weighted by Gasteiger charge is -2.54. The SMILES string of the molecule is CNC1(N2CCN(C)CC2)CCN(C=O)CC1C(F)(F)F. The van der Waals surface area contributed by atoms with Gasteiger partial charge < -0.3 is 15.1 Å². The Morgan fingerprint density at radius 1 is 1.19 bits per heavy atom. The summed E-state index contributed by atoms with van der Waals surface area (Å²) >= 11 is 0. The van der Waals surface area contributed by atoms with Crippen LogP contribution in [-0.4, -0.2) is 86.3 Å². The van der Waals surface area contributed by atoms with Crippen molar-refractivity contribution in [3.8, 4) is 0 Å². The summed E-state index contributed by atoms with van der Waals surface area (Å²) in [5.74, 6) is -1.57. The van der Waals surface area contributed by atoms with Crippen LogP contribution in [0.1, 0.15) is 6.42 Å². The zero-order valence-electron chi connectivity index (χ0n) is 12.5. The van der Waals surface area contributed by atoms with Crippen molar-refractivity contribution < 1.29 is 18.0 Å². The van der Waals surface area contributed by atoms with Crippen LogP contribution in [0.15, 0.2) is 0 Å². The largest absolute Gasteiger partial charge is 0.396 e. The molecule has 2 saturated heterocycles. The van der Waals surface area contributed by atoms with Gasteiger partial charge >= 0.3 is 6.18 Å². The van der Waals surface area contributed by atoms with Crippen LogP contribution in [0, 0.1) is 5.92 Å². The van der Waals surface area contributed by atoms with Crippen LogP contribution in [0.25, 0.3) is 0 Å². The van der Waals surface area contributed by atoms with E-state index in [4.69, 9.17) is 0 Å². The Kier molecular flexibility index (Phi) is 4.79. The highest BCUT2D eigenvalue weighted by molar-refractivity contribution is 5.47. The summed E-state index contributed by atoms with van der Waals surface area (Å²) < 4.78 is 40.6. The van der Waals surface area contributed by atoms with Gasteiger partial charge in [0.15, 0.2) is 0 Å². The van der Waals surface area contributed by atoms with Crippen molar-refractivity contribution in [2.45, 2.75) is 18.3 Å². The first-order valence-corrected chi connectivity index (χ1v) is 7.22. The van der Waals surface area contributed by atoms with Crippen molar-refractivity contribution in [2.75, 3.05) is 53.4 Å². The third kappa shape index (κ3) is 3.17. The standard InChI is InChI=1S/C13H23F3N4O/c1-17-12(20-7-5-18(2)6-8-20)3-4-19(10-21)9-11(12)13(14,15)16/h10-11,17H,3-9H2,1-2H3. The van der Waals surface area contributed by atoms with Gasteiger partial charge in [0.05, 0.1) is 5.66 Å². The summed E-state index contributed by atoms with van der Waals surface area (Å²) in [7, 11) is 3.56. The quantitative estimate of drug-likeness (QED) is 0.756. The smallest absolute Gasteiger partial charge is 0.344 e. The molecule has 21 heavy (non-hydrogen) atoms. The van der Waals surface area contributed by atoms with Gasteiger partial charge in [0.25, 0.3) is 0 Å². The van der Waals surface area contributed by atoms with Crippen LogP contribution in [0.5, 0.6) is 0 Å². The number of hydrogen-bond acceptors (Lipinski definition) is 4. The molecule has 0 aliphatic carbocycles. The van der Waals surface area contributed by atoms with Crippen LogP contribution in [-0.2, 0) is 4.79 Å². The molecule has 8 heteroatoms. The lowest BCUT2D eigenvalue weighted by atomic mass is 9.82. The van der Waals surface area contributed by atoms with Gasteiger partial charge in [0.1, 0.15) is 5.92 Å². The highest BCUT2D eigenvalue weighted by Crippen LogP contribution is 2.41. The van der Waals surface area contributed by atoms with Crippen molar-refractivity contribution in [3.63, 3.8) is 0 Å². The molecule has 0 radical (unpaired) electrons. The van der Waals surface area contributed by atoms with Gasteiger partial charge in [-0.1, -0.05) is 0 Å². The van der Waals surface area contributed by atoms with Gasteiger partial charge in [-0.3, -0.25) is 9.69 Å². The first-order chi connectivity index (χ1) is 9.83. The van der Waals surface area contributed by atoms with E-state index in [1.54, 1.807) is 7.05 Å². The molecule has 0 aromatic carbocycles. The van der Waals surface area contributed by atoms with Gasteiger partial charge in [-0.05, 0) is 20.5 Å². The van der Waals surface area contributed by atoms with Gasteiger partial charge in [0.2, 0.25) is 6.41 Å². The Labute approximate surface area is 123 Å². The Morgan fingerprint density at radius 3 is 2.29 bits per heavy atom. The number of hydrogen-bond donors (Lipinski definition) is 1. The molecule has 1 amide bonds. The number of amides is 1. The van der Waals surface area contributed by atoms with Crippen molar-refractivity contribution in [1.29, 1.82) is 0 Å². The zero-order valence-corrected chi connectivity index (χ0v) is 12.5. The van der Waals surface area contributed by atoms with E-state index in [1.807, 2.05) is 11.9 Å². The van der Waals surface area contributed by atoms with Gasteiger partial charge in [0, 0.05) is 39.3 Å². The predicted octanol–water partition coefficient (Wildman–Crippen LogP) is 0.190. The number of alkyl halides is 3. The number of piperazine rings is 1. The molecule has 1 N–H and O–H groups in total. The molecule has 2 rings (SSSR count). The number of rotatable bonds is 3. The summed E-state index contributed by atoms with van der Waals surface area (Å²) in [5.41, 5.74) is -1.11. The molecule has 122 valence electrons. The molecule has 0 spiro atoms. The number of likely N-dealkylation sites (tertiary alicyclic amines) is 1. The van der Waals surface area contributed by atoms with Crippen molar-refractivity contribution in [3.05, 3.63) is 0 Å². The maximum absolute atomic E-state index is 13.5. The number of piperidine rings is 1. The summed E-state index contributed by atoms with van der Waals surface area (Å²) in [6.45, 7) is 2.79. The highest BCUT2D eigenvalue weighted by Gasteiger charge is 2.58. The number of likely N-dealkylation sites (N-methyl/N-ethyl adjacent to an activating group) is 1. The Balaban J connectivity index is 2.27. The fraction of sp³-hybridized carbons (Fsp3) is 0.923. The van der Waals surface area contributed by atoms with Gasteiger partial charge in [-0.15, -0.1) is 0 Å². The topological polar surface area (TPSA) is 38.8 Å². The number of carbonyl (C=O) groups excluding carboxylic acids is 1. The minimum Gasteiger partial charge on any atom is -0.344 e. The molecular formula is C13H23F3N4O. The first kappa shape index (κ1) is 16.5. The Hall–Kier alpha value is -0.860. The molecule has 2 atom stereocenters. The predicted molar refractivity (Wildman–Crippen MR) is 72.7 cm³/mol. The van der Waals surface area contributed by atoms with Crippen molar-refractivity contribution in [1.82, 2.24) is 20.0 Å². The molecule has 0 bridgehead atoms. The molecule has 2 fully saturated rings. The maximum Gasteiger partial charge on any atom is 0.396 e. The van der Waals surface area contributed by atoms with Crippen LogP contribution in [0.2, 0.25) is 0 Å². The van der Waals surface area contributed by atoms with Crippen LogP contribution >= 0.6 is 0 Å². The van der Waals surface area contributed by atoms with Crippen LogP contribution in [0.4, 0.5) is 13.2 Å². The third-order valence-electron chi connectivity index (χ3n) is 4.82. The normalized spacial score (nSPS) is 33.2. The second-order valence-electron chi connectivity index (χ2n) is 5.91. The molecule has 2 aliphatic rings. The zero-order chi connectivity index (χ0) is 15.7. The molecule has 5 nitrogen and oxygen atoms in total. The average molecular weight is 308 g/mol. The summed E-state index contributed by atoms with van der Waals surface area (Å²) in [4.78, 5) is 16.1. The van der Waals surface area contributed by atoms with E-state index in [2.05, 4.69) is 10.2 Å². The molecule has 2 unspecified atom stereocenters. The molecule has 2 heterocycles. The fourth-order valence-electron chi connectivity index (χ4n) is 3.48. The minimum atomic E-state index is -4.34. The van der Waals surface area contributed by atoms with E-state index >= 15 is 0 Å². The van der Waals surface area contributed by atoms with E-state index in [0.29, 0.717) is 26.0 Å². The first-order valence-electron chi connectivity index (χ1n) is 7.22. The lowest BCUT2D eigenvalue weighted by molar-refractivity contribution is -0.234. The average Bonchev–Trinajstić information content (AvgIpc) is 2.46. The van der Waals surface area contributed by atoms with Gasteiger partial charge in [-0.25, -0.2) is 0 Å². The molecule has 0 saturated carbocycles. The van der Waals surface area contributed by atoms with Gasteiger partial charge in [-0.2, -0.15) is 13.2 Å². The second kappa shape index (κ2) is 6.10. The second-order valence-corrected chi connectivity index (χ2v) is 5.91. The molecule has 0 aromatic heterocycles. The highest BCUT2D eigenvalue weighted by atomic mass is 19.4. The number of nitrogens with one attached hydrogen (secondary N) is 1. The third-order valence-corrected chi connectivity index (χ3v) is 4.82. The lowest BCUT2D eigenvalue weighted by Crippen LogP contribution is -2.72. The fourth-order valence-corrected chi connectivity index (χ4v) is 3.48. The Morgan fingerprint density at radius 2 is 1.81 bits per heavy atom. The molecule has 2 aliphatic heterocycles. The molecular weight excluding hydrogens is 285 g/mol. The van der Waals surface area contributed by atoms with E-state index in [-0.39, 0.29) is 13.0 Å². The molecule has 0 aromatic rings. The summed E-state index contributed by atoms with van der Waals surface area (Å²) in [5, 5.41) is 2.95. The van der Waals surface area contributed by atoms with Crippen LogP contribution in [0.3, 0.4) is 0 Å². The van der Waals surface area contributed by atoms with E-state index < -0.39 is 17.8 Å². The van der Waals surface area contributed by atoms with E-state index in [9.17, 15) is 18.0 Å².